The lowest BCUT2D eigenvalue weighted by atomic mass is 10.1. The third-order valence-electron chi connectivity index (χ3n) is 1.98. The van der Waals surface area contributed by atoms with Crippen LogP contribution < -0.4 is 4.74 Å². The molecule has 0 amide bonds. The Morgan fingerprint density at radius 3 is 2.80 bits per heavy atom. The molecule has 0 heterocycles. The number of aliphatic imine (C=N–C) groups is 1. The molecular formula is C12H15NO2. The van der Waals surface area contributed by atoms with Crippen LogP contribution in [0.15, 0.2) is 29.3 Å². The molecule has 1 aromatic rings. The zero-order valence-electron chi connectivity index (χ0n) is 9.06. The summed E-state index contributed by atoms with van der Waals surface area (Å²) in [5, 5.41) is 0. The molecule has 0 radical (unpaired) electrons. The lowest BCUT2D eigenvalue weighted by Gasteiger charge is -2.09. The Morgan fingerprint density at radius 2 is 2.13 bits per heavy atom. The first-order valence-electron chi connectivity index (χ1n) is 5.03. The van der Waals surface area contributed by atoms with E-state index >= 15 is 0 Å². The average molecular weight is 205 g/mol. The SMILES string of the molecule is CC(C)CCOc1ccccc1N=C=O. The molecule has 0 N–H and O–H groups in total. The molecule has 0 aliphatic rings. The van der Waals surface area contributed by atoms with E-state index in [2.05, 4.69) is 18.8 Å². The number of ether oxygens (including phenoxy) is 1. The molecule has 0 unspecified atom stereocenters. The monoisotopic (exact) mass is 205 g/mol. The molecule has 0 aliphatic heterocycles. The molecule has 1 rings (SSSR count). The maximum Gasteiger partial charge on any atom is 0.240 e. The van der Waals surface area contributed by atoms with Gasteiger partial charge in [0.15, 0.2) is 0 Å². The van der Waals surface area contributed by atoms with Crippen molar-refractivity contribution in [3.8, 4) is 5.75 Å². The summed E-state index contributed by atoms with van der Waals surface area (Å²) < 4.78 is 5.53. The fourth-order valence-electron chi connectivity index (χ4n) is 1.13. The molecule has 0 fully saturated rings. The summed E-state index contributed by atoms with van der Waals surface area (Å²) in [6, 6.07) is 7.20. The minimum atomic E-state index is 0.538. The van der Waals surface area contributed by atoms with Crippen molar-refractivity contribution < 1.29 is 9.53 Å². The lowest BCUT2D eigenvalue weighted by molar-refractivity contribution is 0.290. The smallest absolute Gasteiger partial charge is 0.240 e. The summed E-state index contributed by atoms with van der Waals surface area (Å²) in [5.41, 5.74) is 0.538. The van der Waals surface area contributed by atoms with Crippen molar-refractivity contribution in [2.75, 3.05) is 6.61 Å². The first kappa shape index (κ1) is 11.5. The molecule has 3 nitrogen and oxygen atoms in total. The van der Waals surface area contributed by atoms with Crippen molar-refractivity contribution in [3.63, 3.8) is 0 Å². The van der Waals surface area contributed by atoms with Gasteiger partial charge in [-0.1, -0.05) is 26.0 Å². The van der Waals surface area contributed by atoms with Gasteiger partial charge in [-0.15, -0.1) is 0 Å². The fraction of sp³-hybridized carbons (Fsp3) is 0.417. The van der Waals surface area contributed by atoms with Crippen LogP contribution in [0.3, 0.4) is 0 Å². The van der Waals surface area contributed by atoms with E-state index in [9.17, 15) is 4.79 Å². The first-order chi connectivity index (χ1) is 7.24. The van der Waals surface area contributed by atoms with Gasteiger partial charge in [0, 0.05) is 0 Å². The van der Waals surface area contributed by atoms with Crippen LogP contribution in [0.1, 0.15) is 20.3 Å². The Balaban J connectivity index is 2.63. The van der Waals surface area contributed by atoms with Crippen molar-refractivity contribution in [2.45, 2.75) is 20.3 Å². The number of nitrogens with zero attached hydrogens (tertiary/aromatic N) is 1. The molecule has 0 atom stereocenters. The normalized spacial score (nSPS) is 9.80. The maximum absolute atomic E-state index is 10.2. The molecule has 80 valence electrons. The van der Waals surface area contributed by atoms with Gasteiger partial charge in [0.05, 0.1) is 6.61 Å². The van der Waals surface area contributed by atoms with Crippen molar-refractivity contribution >= 4 is 11.8 Å². The molecule has 0 aromatic heterocycles. The van der Waals surface area contributed by atoms with E-state index in [-0.39, 0.29) is 0 Å². The number of hydrogen-bond acceptors (Lipinski definition) is 3. The van der Waals surface area contributed by atoms with Crippen molar-refractivity contribution in [2.24, 2.45) is 10.9 Å². The first-order valence-corrected chi connectivity index (χ1v) is 5.03. The highest BCUT2D eigenvalue weighted by molar-refractivity contribution is 5.57. The van der Waals surface area contributed by atoms with Crippen LogP contribution in [0, 0.1) is 5.92 Å². The standard InChI is InChI=1S/C12H15NO2/c1-10(2)7-8-15-12-6-4-3-5-11(12)13-9-14/h3-6,10H,7-8H2,1-2H3. The van der Waals surface area contributed by atoms with Gasteiger partial charge in [-0.3, -0.25) is 0 Å². The van der Waals surface area contributed by atoms with Crippen LogP contribution in [-0.2, 0) is 4.79 Å². The van der Waals surface area contributed by atoms with Crippen LogP contribution in [0.2, 0.25) is 0 Å². The predicted octanol–water partition coefficient (Wildman–Crippen LogP) is 3.08. The Bertz CT molecular complexity index is 354. The van der Waals surface area contributed by atoms with Gasteiger partial charge in [-0.2, -0.15) is 4.99 Å². The van der Waals surface area contributed by atoms with Crippen LogP contribution in [0.5, 0.6) is 5.75 Å². The minimum Gasteiger partial charge on any atom is -0.491 e. The van der Waals surface area contributed by atoms with Gasteiger partial charge in [0.25, 0.3) is 0 Å². The zero-order chi connectivity index (χ0) is 11.1. The van der Waals surface area contributed by atoms with Gasteiger partial charge in [0.1, 0.15) is 11.4 Å². The van der Waals surface area contributed by atoms with Crippen molar-refractivity contribution in [3.05, 3.63) is 24.3 Å². The average Bonchev–Trinajstić information content (AvgIpc) is 2.20. The lowest BCUT2D eigenvalue weighted by Crippen LogP contribution is -2.01. The van der Waals surface area contributed by atoms with E-state index in [1.165, 1.54) is 6.08 Å². The van der Waals surface area contributed by atoms with Crippen LogP contribution >= 0.6 is 0 Å². The Morgan fingerprint density at radius 1 is 1.40 bits per heavy atom. The summed E-state index contributed by atoms with van der Waals surface area (Å²) in [4.78, 5) is 13.7. The summed E-state index contributed by atoms with van der Waals surface area (Å²) in [7, 11) is 0. The van der Waals surface area contributed by atoms with E-state index in [0.717, 1.165) is 6.42 Å². The second-order valence-corrected chi connectivity index (χ2v) is 3.70. The van der Waals surface area contributed by atoms with Crippen LogP contribution in [0.25, 0.3) is 0 Å². The highest BCUT2D eigenvalue weighted by atomic mass is 16.5. The number of rotatable bonds is 5. The topological polar surface area (TPSA) is 38.7 Å². The van der Waals surface area contributed by atoms with E-state index in [1.807, 2.05) is 12.1 Å². The van der Waals surface area contributed by atoms with Crippen molar-refractivity contribution in [1.82, 2.24) is 0 Å². The minimum absolute atomic E-state index is 0.538. The van der Waals surface area contributed by atoms with Gasteiger partial charge in [-0.05, 0) is 24.5 Å². The fourth-order valence-corrected chi connectivity index (χ4v) is 1.13. The number of carbonyl (C=O) groups excluding carboxylic acids is 1. The van der Waals surface area contributed by atoms with Gasteiger partial charge < -0.3 is 4.74 Å². The molecule has 3 heteroatoms. The van der Waals surface area contributed by atoms with Crippen molar-refractivity contribution in [1.29, 1.82) is 0 Å². The molecule has 15 heavy (non-hydrogen) atoms. The van der Waals surface area contributed by atoms with Crippen LogP contribution in [0.4, 0.5) is 5.69 Å². The number of benzene rings is 1. The van der Waals surface area contributed by atoms with Gasteiger partial charge >= 0.3 is 0 Å². The molecule has 0 saturated heterocycles. The van der Waals surface area contributed by atoms with E-state index in [0.29, 0.717) is 24.0 Å². The quantitative estimate of drug-likeness (QED) is 0.547. The highest BCUT2D eigenvalue weighted by Crippen LogP contribution is 2.26. The Labute approximate surface area is 89.8 Å². The highest BCUT2D eigenvalue weighted by Gasteiger charge is 2.01. The number of para-hydroxylation sites is 2. The third kappa shape index (κ3) is 3.96. The summed E-state index contributed by atoms with van der Waals surface area (Å²) in [6.07, 6.45) is 2.50. The zero-order valence-corrected chi connectivity index (χ0v) is 9.06. The molecule has 0 aliphatic carbocycles. The number of hydrogen-bond donors (Lipinski definition) is 0. The summed E-state index contributed by atoms with van der Waals surface area (Å²) in [6.45, 7) is 4.92. The van der Waals surface area contributed by atoms with E-state index in [4.69, 9.17) is 4.74 Å². The molecular weight excluding hydrogens is 190 g/mol. The molecule has 1 aromatic carbocycles. The van der Waals surface area contributed by atoms with E-state index < -0.39 is 0 Å². The van der Waals surface area contributed by atoms with E-state index in [1.54, 1.807) is 12.1 Å². The Kier molecular flexibility index (Phi) is 4.58. The van der Waals surface area contributed by atoms with Gasteiger partial charge in [-0.25, -0.2) is 4.79 Å². The summed E-state index contributed by atoms with van der Waals surface area (Å²) >= 11 is 0. The molecule has 0 spiro atoms. The second kappa shape index (κ2) is 5.99. The molecule has 0 bridgehead atoms. The largest absolute Gasteiger partial charge is 0.491 e. The second-order valence-electron chi connectivity index (χ2n) is 3.70. The van der Waals surface area contributed by atoms with Crippen LogP contribution in [-0.4, -0.2) is 12.7 Å². The molecule has 0 saturated carbocycles. The maximum atomic E-state index is 10.2. The Hall–Kier alpha value is -1.60. The number of isocyanates is 1. The third-order valence-corrected chi connectivity index (χ3v) is 1.98. The van der Waals surface area contributed by atoms with Gasteiger partial charge in [0.2, 0.25) is 6.08 Å². The predicted molar refractivity (Wildman–Crippen MR) is 59.2 cm³/mol. The summed E-state index contributed by atoms with van der Waals surface area (Å²) in [5.74, 6) is 1.24.